The largest absolute Gasteiger partial charge is 0.299 e. The van der Waals surface area contributed by atoms with Crippen molar-refractivity contribution in [1.29, 1.82) is 0 Å². The molecular weight excluding hydrogens is 240 g/mol. The van der Waals surface area contributed by atoms with Gasteiger partial charge in [-0.05, 0) is 49.5 Å². The second-order valence-electron chi connectivity index (χ2n) is 5.55. The molecule has 0 saturated heterocycles. The second-order valence-corrected chi connectivity index (χ2v) is 6.58. The normalized spacial score (nSPS) is 24.1. The van der Waals surface area contributed by atoms with E-state index in [4.69, 9.17) is 0 Å². The van der Waals surface area contributed by atoms with Crippen molar-refractivity contribution in [3.63, 3.8) is 0 Å². The Kier molecular flexibility index (Phi) is 5.43. The van der Waals surface area contributed by atoms with Crippen LogP contribution in [0.4, 0.5) is 0 Å². The van der Waals surface area contributed by atoms with E-state index in [1.165, 1.54) is 30.6 Å². The van der Waals surface area contributed by atoms with Gasteiger partial charge >= 0.3 is 0 Å². The van der Waals surface area contributed by atoms with Crippen molar-refractivity contribution < 1.29 is 4.79 Å². The van der Waals surface area contributed by atoms with Gasteiger partial charge in [0, 0.05) is 17.2 Å². The van der Waals surface area contributed by atoms with Crippen molar-refractivity contribution in [2.45, 2.75) is 58.3 Å². The van der Waals surface area contributed by atoms with Crippen LogP contribution in [0.1, 0.15) is 56.7 Å². The van der Waals surface area contributed by atoms with E-state index in [-0.39, 0.29) is 0 Å². The first-order valence-electron chi connectivity index (χ1n) is 7.34. The predicted molar refractivity (Wildman–Crippen MR) is 78.0 cm³/mol. The lowest BCUT2D eigenvalue weighted by Gasteiger charge is -2.27. The Morgan fingerprint density at radius 1 is 1.33 bits per heavy atom. The summed E-state index contributed by atoms with van der Waals surface area (Å²) in [5.41, 5.74) is 0. The molecule has 0 aliphatic heterocycles. The summed E-state index contributed by atoms with van der Waals surface area (Å²) < 4.78 is 0. The van der Waals surface area contributed by atoms with Crippen LogP contribution < -0.4 is 0 Å². The summed E-state index contributed by atoms with van der Waals surface area (Å²) >= 11 is 1.77. The first-order chi connectivity index (χ1) is 8.79. The number of carbonyl (C=O) groups is 1. The van der Waals surface area contributed by atoms with Crippen LogP contribution in [0.3, 0.4) is 0 Å². The molecule has 0 spiro atoms. The van der Waals surface area contributed by atoms with Gasteiger partial charge < -0.3 is 0 Å². The number of ketones is 1. The van der Waals surface area contributed by atoms with E-state index in [9.17, 15) is 4.79 Å². The topological polar surface area (TPSA) is 17.1 Å². The Morgan fingerprint density at radius 2 is 2.11 bits per heavy atom. The van der Waals surface area contributed by atoms with Crippen LogP contribution in [0.25, 0.3) is 0 Å². The Bertz CT molecular complexity index is 347. The van der Waals surface area contributed by atoms with Crippen molar-refractivity contribution in [3.05, 3.63) is 22.4 Å². The number of hydrogen-bond donors (Lipinski definition) is 0. The zero-order chi connectivity index (χ0) is 12.8. The zero-order valence-corrected chi connectivity index (χ0v) is 12.2. The molecule has 1 nitrogen and oxygen atoms in total. The summed E-state index contributed by atoms with van der Waals surface area (Å²) in [6.07, 6.45) is 9.21. The average Bonchev–Trinajstić information content (AvgIpc) is 2.90. The monoisotopic (exact) mass is 264 g/mol. The molecule has 2 heteroatoms. The maximum atomic E-state index is 12.2. The quantitative estimate of drug-likeness (QED) is 0.717. The molecule has 1 aromatic heterocycles. The fourth-order valence-corrected chi connectivity index (χ4v) is 3.80. The fourth-order valence-electron chi connectivity index (χ4n) is 3.09. The number of carbonyl (C=O) groups excluding carboxylic acids is 1. The van der Waals surface area contributed by atoms with E-state index < -0.39 is 0 Å². The van der Waals surface area contributed by atoms with Crippen molar-refractivity contribution in [1.82, 2.24) is 0 Å². The van der Waals surface area contributed by atoms with Crippen molar-refractivity contribution in [3.8, 4) is 0 Å². The molecule has 0 aromatic carbocycles. The van der Waals surface area contributed by atoms with Crippen molar-refractivity contribution in [2.75, 3.05) is 0 Å². The van der Waals surface area contributed by atoms with Gasteiger partial charge in [-0.3, -0.25) is 4.79 Å². The number of thiophene rings is 1. The van der Waals surface area contributed by atoms with Crippen LogP contribution in [0.2, 0.25) is 0 Å². The molecule has 18 heavy (non-hydrogen) atoms. The summed E-state index contributed by atoms with van der Waals surface area (Å²) in [5, 5.41) is 2.09. The molecule has 0 unspecified atom stereocenters. The van der Waals surface area contributed by atoms with Crippen LogP contribution in [-0.4, -0.2) is 5.78 Å². The molecule has 1 aliphatic carbocycles. The minimum atomic E-state index is 0.373. The predicted octanol–water partition coefficient (Wildman–Crippen LogP) is 4.86. The van der Waals surface area contributed by atoms with E-state index >= 15 is 0 Å². The maximum absolute atomic E-state index is 12.2. The van der Waals surface area contributed by atoms with Crippen molar-refractivity contribution in [2.24, 2.45) is 11.8 Å². The van der Waals surface area contributed by atoms with Crippen LogP contribution in [-0.2, 0) is 11.2 Å². The van der Waals surface area contributed by atoms with Crippen LogP contribution in [0.5, 0.6) is 0 Å². The molecule has 0 amide bonds. The lowest BCUT2D eigenvalue weighted by atomic mass is 9.77. The maximum Gasteiger partial charge on any atom is 0.136 e. The number of hydrogen-bond acceptors (Lipinski definition) is 2. The number of aryl methyl sites for hydroxylation is 1. The first-order valence-corrected chi connectivity index (χ1v) is 8.22. The summed E-state index contributed by atoms with van der Waals surface area (Å²) in [4.78, 5) is 13.5. The van der Waals surface area contributed by atoms with Gasteiger partial charge in [0.15, 0.2) is 0 Å². The molecule has 1 fully saturated rings. The van der Waals surface area contributed by atoms with E-state index in [1.54, 1.807) is 11.3 Å². The highest BCUT2D eigenvalue weighted by atomic mass is 32.1. The highest BCUT2D eigenvalue weighted by molar-refractivity contribution is 7.09. The van der Waals surface area contributed by atoms with Gasteiger partial charge in [0.25, 0.3) is 0 Å². The molecule has 1 aliphatic rings. The summed E-state index contributed by atoms with van der Waals surface area (Å²) in [5.74, 6) is 1.78. The minimum absolute atomic E-state index is 0.373. The van der Waals surface area contributed by atoms with E-state index in [0.717, 1.165) is 31.6 Å². The van der Waals surface area contributed by atoms with E-state index in [0.29, 0.717) is 11.7 Å². The molecule has 2 rings (SSSR count). The van der Waals surface area contributed by atoms with Gasteiger partial charge in [0.05, 0.1) is 0 Å². The fraction of sp³-hybridized carbons (Fsp3) is 0.688. The Hall–Kier alpha value is -0.630. The molecule has 0 bridgehead atoms. The van der Waals surface area contributed by atoms with E-state index in [1.807, 2.05) is 0 Å². The lowest BCUT2D eigenvalue weighted by molar-refractivity contribution is -0.124. The average molecular weight is 264 g/mol. The highest BCUT2D eigenvalue weighted by Gasteiger charge is 2.25. The molecule has 1 aromatic rings. The van der Waals surface area contributed by atoms with Gasteiger partial charge in [0.1, 0.15) is 5.78 Å². The summed E-state index contributed by atoms with van der Waals surface area (Å²) in [6, 6.07) is 4.20. The van der Waals surface area contributed by atoms with Crippen LogP contribution >= 0.6 is 11.3 Å². The first kappa shape index (κ1) is 13.8. The highest BCUT2D eigenvalue weighted by Crippen LogP contribution is 2.32. The Balaban J connectivity index is 1.70. The molecule has 1 saturated carbocycles. The molecule has 0 N–H and O–H groups in total. The van der Waals surface area contributed by atoms with Gasteiger partial charge in [0.2, 0.25) is 0 Å². The van der Waals surface area contributed by atoms with Gasteiger partial charge in [-0.15, -0.1) is 11.3 Å². The number of rotatable bonds is 6. The second kappa shape index (κ2) is 7.08. The van der Waals surface area contributed by atoms with Gasteiger partial charge in [-0.2, -0.15) is 0 Å². The molecular formula is C16H24OS. The number of Topliss-reactive ketones (excluding diaryl/α,β-unsaturated/α-hetero) is 1. The Morgan fingerprint density at radius 3 is 2.72 bits per heavy atom. The summed E-state index contributed by atoms with van der Waals surface area (Å²) in [6.45, 7) is 2.26. The minimum Gasteiger partial charge on any atom is -0.299 e. The SMILES string of the molecule is CCCC1CCC(C(=O)CCc2cccs2)CC1. The van der Waals surface area contributed by atoms with Crippen LogP contribution in [0.15, 0.2) is 17.5 Å². The third kappa shape index (κ3) is 3.94. The van der Waals surface area contributed by atoms with Gasteiger partial charge in [-0.25, -0.2) is 0 Å². The third-order valence-electron chi connectivity index (χ3n) is 4.20. The van der Waals surface area contributed by atoms with Gasteiger partial charge in [-0.1, -0.05) is 25.8 Å². The molecule has 1 heterocycles. The molecule has 0 atom stereocenters. The summed E-state index contributed by atoms with van der Waals surface area (Å²) in [7, 11) is 0. The van der Waals surface area contributed by atoms with E-state index in [2.05, 4.69) is 24.4 Å². The third-order valence-corrected chi connectivity index (χ3v) is 5.13. The smallest absolute Gasteiger partial charge is 0.136 e. The van der Waals surface area contributed by atoms with Crippen molar-refractivity contribution >= 4 is 17.1 Å². The standard InChI is InChI=1S/C16H24OS/c1-2-4-13-6-8-14(9-7-13)16(17)11-10-15-5-3-12-18-15/h3,5,12-14H,2,4,6-11H2,1H3. The van der Waals surface area contributed by atoms with Crippen LogP contribution in [0, 0.1) is 11.8 Å². The Labute approximate surface area is 115 Å². The lowest BCUT2D eigenvalue weighted by Crippen LogP contribution is -2.22. The molecule has 0 radical (unpaired) electrons. The zero-order valence-electron chi connectivity index (χ0n) is 11.4. The molecule has 100 valence electrons.